The Bertz CT molecular complexity index is 3100. The first-order valence-electron chi connectivity index (χ1n) is 20.3. The number of hydrogen-bond donors (Lipinski definition) is 0. The van der Waals surface area contributed by atoms with E-state index in [1.54, 1.807) is 0 Å². The van der Waals surface area contributed by atoms with Crippen molar-refractivity contribution in [2.24, 2.45) is 0 Å². The first-order valence-corrected chi connectivity index (χ1v) is 20.3. The molecular weight excluding hydrogens is 693 g/mol. The Labute approximate surface area is 331 Å². The van der Waals surface area contributed by atoms with Crippen LogP contribution < -0.4 is 4.90 Å². The normalized spacial score (nSPS) is 17.8. The third-order valence-corrected chi connectivity index (χ3v) is 13.0. The second kappa shape index (κ2) is 12.8. The lowest BCUT2D eigenvalue weighted by Crippen LogP contribution is -2.34. The minimum absolute atomic E-state index is 0.454. The summed E-state index contributed by atoms with van der Waals surface area (Å²) in [5, 5.41) is 5.11. The van der Waals surface area contributed by atoms with Crippen molar-refractivity contribution in [1.29, 1.82) is 0 Å². The Morgan fingerprint density at radius 3 is 1.79 bits per heavy atom. The highest BCUT2D eigenvalue weighted by Crippen LogP contribution is 2.53. The van der Waals surface area contributed by atoms with Gasteiger partial charge in [-0.1, -0.05) is 109 Å². The smallest absolute Gasteiger partial charge is 0.0636 e. The molecule has 10 aromatic rings. The van der Waals surface area contributed by atoms with Crippen LogP contribution in [0, 0.1) is 0 Å². The van der Waals surface area contributed by atoms with Crippen molar-refractivity contribution in [3.63, 3.8) is 0 Å². The maximum atomic E-state index is 4.57. The molecule has 4 heterocycles. The first-order chi connectivity index (χ1) is 28.3. The predicted molar refractivity (Wildman–Crippen MR) is 236 cm³/mol. The highest BCUT2D eigenvalue weighted by atomic mass is 15.2. The van der Waals surface area contributed by atoms with Gasteiger partial charge in [-0.05, 0) is 114 Å². The second-order valence-corrected chi connectivity index (χ2v) is 15.9. The van der Waals surface area contributed by atoms with Crippen LogP contribution in [-0.4, -0.2) is 20.2 Å². The van der Waals surface area contributed by atoms with Gasteiger partial charge in [-0.25, -0.2) is 0 Å². The first kappa shape index (κ1) is 32.3. The molecule has 12 rings (SSSR count). The lowest BCUT2D eigenvalue weighted by atomic mass is 9.74. The van der Waals surface area contributed by atoms with Gasteiger partial charge in [-0.2, -0.15) is 0 Å². The summed E-state index contributed by atoms with van der Waals surface area (Å²) in [7, 11) is 0. The van der Waals surface area contributed by atoms with Crippen LogP contribution in [0.2, 0.25) is 0 Å². The van der Waals surface area contributed by atoms with Crippen molar-refractivity contribution in [2.75, 3.05) is 4.90 Å². The van der Waals surface area contributed by atoms with Crippen LogP contribution in [0.3, 0.4) is 0 Å². The van der Waals surface area contributed by atoms with Crippen molar-refractivity contribution < 1.29 is 0 Å². The molecule has 0 saturated heterocycles. The van der Waals surface area contributed by atoms with E-state index < -0.39 is 0 Å². The fourth-order valence-corrected chi connectivity index (χ4v) is 10.5. The van der Waals surface area contributed by atoms with Gasteiger partial charge in [0, 0.05) is 56.8 Å². The van der Waals surface area contributed by atoms with E-state index in [-0.39, 0.29) is 0 Å². The van der Waals surface area contributed by atoms with Gasteiger partial charge < -0.3 is 14.0 Å². The molecule has 0 amide bonds. The molecule has 3 atom stereocenters. The summed E-state index contributed by atoms with van der Waals surface area (Å²) in [4.78, 5) is 7.14. The number of para-hydroxylation sites is 4. The lowest BCUT2D eigenvalue weighted by Gasteiger charge is -2.37. The van der Waals surface area contributed by atoms with E-state index in [9.17, 15) is 0 Å². The zero-order chi connectivity index (χ0) is 37.5. The van der Waals surface area contributed by atoms with Crippen LogP contribution >= 0.6 is 0 Å². The molecule has 7 aromatic carbocycles. The third kappa shape index (κ3) is 5.03. The predicted octanol–water partition coefficient (Wildman–Crippen LogP) is 13.5. The van der Waals surface area contributed by atoms with Crippen LogP contribution in [0.15, 0.2) is 188 Å². The third-order valence-electron chi connectivity index (χ3n) is 13.0. The van der Waals surface area contributed by atoms with Crippen molar-refractivity contribution in [3.8, 4) is 22.5 Å². The molecule has 0 N–H and O–H groups in total. The summed E-state index contributed by atoms with van der Waals surface area (Å²) in [5.41, 5.74) is 15.1. The number of pyridine rings is 1. The maximum Gasteiger partial charge on any atom is 0.0636 e. The molecule has 0 bridgehead atoms. The van der Waals surface area contributed by atoms with E-state index in [2.05, 4.69) is 201 Å². The van der Waals surface area contributed by atoms with Gasteiger partial charge in [0.15, 0.2) is 0 Å². The number of benzene rings is 7. The van der Waals surface area contributed by atoms with E-state index in [0.717, 1.165) is 19.3 Å². The highest BCUT2D eigenvalue weighted by Gasteiger charge is 2.43. The fraction of sp³-hybridized carbons (Fsp3) is 0.113. The van der Waals surface area contributed by atoms with Gasteiger partial charge in [-0.15, -0.1) is 0 Å². The number of anilines is 2. The SMILES string of the molecule is c1ccc(N2c3cnccc3C3CC(c4cccc(-n5c6ccccc6c6ccc(-c7cccc(-n8c9ccccc9c9ccccc98)c7)cc65)c4)CCC32)cc1. The molecule has 4 heteroatoms. The molecule has 3 aromatic heterocycles. The fourth-order valence-electron chi connectivity index (χ4n) is 10.5. The monoisotopic (exact) mass is 732 g/mol. The molecule has 57 heavy (non-hydrogen) atoms. The largest absolute Gasteiger partial charge is 0.336 e. The summed E-state index contributed by atoms with van der Waals surface area (Å²) in [6.07, 6.45) is 7.50. The van der Waals surface area contributed by atoms with Gasteiger partial charge in [0.2, 0.25) is 0 Å². The average molecular weight is 733 g/mol. The van der Waals surface area contributed by atoms with Gasteiger partial charge >= 0.3 is 0 Å². The Morgan fingerprint density at radius 1 is 0.456 bits per heavy atom. The molecular formula is C53H40N4. The number of aromatic nitrogens is 3. The molecule has 2 aliphatic rings. The number of rotatable bonds is 5. The molecule has 1 fully saturated rings. The Morgan fingerprint density at radius 2 is 1.05 bits per heavy atom. The standard InChI is InChI=1S/C53H40N4/c1-2-14-39(15-3-1)55-51-27-25-37(32-47(51)46-28-29-54-34-53(46)55)35-12-10-17-41(30-35)57-50-23-9-6-20-44(50)45-26-24-38(33-52(45)57)36-13-11-16-40(31-36)56-48-21-7-4-18-42(48)43-19-5-8-22-49(43)56/h1-24,26,28-31,33-34,37,47,51H,25,27,32H2. The molecule has 4 nitrogen and oxygen atoms in total. The maximum absolute atomic E-state index is 4.57. The summed E-state index contributed by atoms with van der Waals surface area (Å²) in [6, 6.07) is 65.4. The molecule has 1 saturated carbocycles. The average Bonchev–Trinajstić information content (AvgIpc) is 3.92. The molecule has 1 aliphatic carbocycles. The summed E-state index contributed by atoms with van der Waals surface area (Å²) in [5.74, 6) is 0.954. The zero-order valence-corrected chi connectivity index (χ0v) is 31.5. The van der Waals surface area contributed by atoms with Crippen molar-refractivity contribution in [1.82, 2.24) is 14.1 Å². The van der Waals surface area contributed by atoms with Gasteiger partial charge in [0.25, 0.3) is 0 Å². The number of fused-ring (bicyclic) bond motifs is 9. The highest BCUT2D eigenvalue weighted by molar-refractivity contribution is 6.11. The summed E-state index contributed by atoms with van der Waals surface area (Å²) >= 11 is 0. The van der Waals surface area contributed by atoms with E-state index in [4.69, 9.17) is 0 Å². The van der Waals surface area contributed by atoms with E-state index in [1.807, 2.05) is 6.20 Å². The van der Waals surface area contributed by atoms with Crippen molar-refractivity contribution >= 4 is 55.0 Å². The number of hydrogen-bond acceptors (Lipinski definition) is 2. The Kier molecular flexibility index (Phi) is 7.28. The molecule has 3 unspecified atom stereocenters. The zero-order valence-electron chi connectivity index (χ0n) is 31.5. The second-order valence-electron chi connectivity index (χ2n) is 15.9. The van der Waals surface area contributed by atoms with E-state index in [1.165, 1.54) is 88.6 Å². The quantitative estimate of drug-likeness (QED) is 0.176. The van der Waals surface area contributed by atoms with Gasteiger partial charge in [0.1, 0.15) is 0 Å². The van der Waals surface area contributed by atoms with E-state index >= 15 is 0 Å². The molecule has 0 radical (unpaired) electrons. The minimum atomic E-state index is 0.454. The Balaban J connectivity index is 0.937. The van der Waals surface area contributed by atoms with Crippen LogP contribution in [0.1, 0.15) is 42.2 Å². The van der Waals surface area contributed by atoms with Crippen molar-refractivity contribution in [3.05, 3.63) is 199 Å². The topological polar surface area (TPSA) is 26.0 Å². The van der Waals surface area contributed by atoms with Crippen LogP contribution in [-0.2, 0) is 0 Å². The van der Waals surface area contributed by atoms with Crippen LogP contribution in [0.4, 0.5) is 11.4 Å². The van der Waals surface area contributed by atoms with Crippen molar-refractivity contribution in [2.45, 2.75) is 37.1 Å². The molecule has 272 valence electrons. The van der Waals surface area contributed by atoms with Gasteiger partial charge in [0.05, 0.1) is 34.0 Å². The van der Waals surface area contributed by atoms with E-state index in [0.29, 0.717) is 17.9 Å². The number of nitrogens with zero attached hydrogens (tertiary/aromatic N) is 4. The van der Waals surface area contributed by atoms with Crippen LogP contribution in [0.5, 0.6) is 0 Å². The lowest BCUT2D eigenvalue weighted by molar-refractivity contribution is 0.361. The Hall–Kier alpha value is -6.91. The minimum Gasteiger partial charge on any atom is -0.336 e. The molecule has 1 aliphatic heterocycles. The summed E-state index contributed by atoms with van der Waals surface area (Å²) in [6.45, 7) is 0. The van der Waals surface area contributed by atoms with Crippen LogP contribution in [0.25, 0.3) is 66.1 Å². The van der Waals surface area contributed by atoms with Gasteiger partial charge in [-0.3, -0.25) is 4.98 Å². The molecule has 0 spiro atoms. The summed E-state index contributed by atoms with van der Waals surface area (Å²) < 4.78 is 4.90.